The van der Waals surface area contributed by atoms with Crippen LogP contribution in [0, 0.1) is 11.3 Å². The van der Waals surface area contributed by atoms with Gasteiger partial charge in [-0.2, -0.15) is 11.3 Å². The van der Waals surface area contributed by atoms with Gasteiger partial charge in [0.2, 0.25) is 11.8 Å². The molecule has 0 bridgehead atoms. The molecular weight excluding hydrogens is 336 g/mol. The van der Waals surface area contributed by atoms with Crippen LogP contribution in [0.2, 0.25) is 0 Å². The van der Waals surface area contributed by atoms with Crippen LogP contribution in [0.15, 0.2) is 21.2 Å². The van der Waals surface area contributed by atoms with Gasteiger partial charge in [-0.15, -0.1) is 10.2 Å². The highest BCUT2D eigenvalue weighted by Gasteiger charge is 2.53. The highest BCUT2D eigenvalue weighted by atomic mass is 32.1. The predicted molar refractivity (Wildman–Crippen MR) is 95.5 cm³/mol. The first-order valence-electron chi connectivity index (χ1n) is 8.80. The van der Waals surface area contributed by atoms with Crippen LogP contribution >= 0.6 is 11.3 Å². The summed E-state index contributed by atoms with van der Waals surface area (Å²) < 4.78 is 5.90. The van der Waals surface area contributed by atoms with Gasteiger partial charge in [0, 0.05) is 36.9 Å². The second-order valence-corrected chi connectivity index (χ2v) is 8.72. The number of likely N-dealkylation sites (tertiary alicyclic amines) is 2. The molecule has 4 heterocycles. The second kappa shape index (κ2) is 6.21. The molecule has 1 unspecified atom stereocenters. The summed E-state index contributed by atoms with van der Waals surface area (Å²) >= 11 is 1.56. The van der Waals surface area contributed by atoms with E-state index in [4.69, 9.17) is 4.42 Å². The number of carbonyl (C=O) groups is 1. The molecule has 1 amide bonds. The van der Waals surface area contributed by atoms with Gasteiger partial charge in [0.25, 0.3) is 5.91 Å². The van der Waals surface area contributed by atoms with Crippen LogP contribution in [0.4, 0.5) is 0 Å². The average molecular weight is 360 g/mol. The summed E-state index contributed by atoms with van der Waals surface area (Å²) in [5.41, 5.74) is 0.968. The molecule has 2 aliphatic heterocycles. The van der Waals surface area contributed by atoms with Crippen LogP contribution in [-0.4, -0.2) is 52.6 Å². The van der Waals surface area contributed by atoms with E-state index in [9.17, 15) is 4.79 Å². The molecule has 0 N–H and O–H groups in total. The van der Waals surface area contributed by atoms with Crippen LogP contribution in [0.1, 0.15) is 48.4 Å². The smallest absolute Gasteiger partial charge is 0.254 e. The van der Waals surface area contributed by atoms with Crippen LogP contribution in [0.3, 0.4) is 0 Å². The Balaban J connectivity index is 1.40. The Morgan fingerprint density at radius 3 is 2.88 bits per heavy atom. The zero-order chi connectivity index (χ0) is 17.6. The summed E-state index contributed by atoms with van der Waals surface area (Å²) in [6.07, 6.45) is 1.79. The summed E-state index contributed by atoms with van der Waals surface area (Å²) in [6, 6.07) is 2.06. The van der Waals surface area contributed by atoms with Gasteiger partial charge in [0.1, 0.15) is 0 Å². The molecule has 2 aliphatic rings. The Labute approximate surface area is 151 Å². The predicted octanol–water partition coefficient (Wildman–Crippen LogP) is 2.85. The third kappa shape index (κ3) is 3.11. The summed E-state index contributed by atoms with van der Waals surface area (Å²) in [5.74, 6) is 2.10. The normalized spacial score (nSPS) is 22.7. The molecule has 6 nitrogen and oxygen atoms in total. The van der Waals surface area contributed by atoms with Gasteiger partial charge in [-0.1, -0.05) is 13.8 Å². The van der Waals surface area contributed by atoms with E-state index in [1.165, 1.54) is 0 Å². The van der Waals surface area contributed by atoms with Crippen LogP contribution in [-0.2, 0) is 6.42 Å². The molecule has 7 heteroatoms. The van der Waals surface area contributed by atoms with Crippen molar-refractivity contribution in [3.63, 3.8) is 0 Å². The molecule has 25 heavy (non-hydrogen) atoms. The number of hydrogen-bond acceptors (Lipinski definition) is 6. The van der Waals surface area contributed by atoms with Crippen molar-refractivity contribution >= 4 is 17.2 Å². The summed E-state index contributed by atoms with van der Waals surface area (Å²) in [7, 11) is 2.11. The Bertz CT molecular complexity index is 749. The zero-order valence-corrected chi connectivity index (χ0v) is 15.8. The minimum Gasteiger partial charge on any atom is -0.424 e. The molecule has 4 rings (SSSR count). The van der Waals surface area contributed by atoms with E-state index in [1.807, 2.05) is 21.7 Å². The third-order valence-corrected chi connectivity index (χ3v) is 5.88. The lowest BCUT2D eigenvalue weighted by Crippen LogP contribution is -2.59. The highest BCUT2D eigenvalue weighted by Crippen LogP contribution is 2.47. The first-order chi connectivity index (χ1) is 12.0. The summed E-state index contributed by atoms with van der Waals surface area (Å²) in [5, 5.41) is 12.4. The van der Waals surface area contributed by atoms with Crippen LogP contribution < -0.4 is 0 Å². The monoisotopic (exact) mass is 360 g/mol. The Morgan fingerprint density at radius 2 is 2.20 bits per heavy atom. The number of aromatic nitrogens is 2. The Morgan fingerprint density at radius 1 is 1.40 bits per heavy atom. The lowest BCUT2D eigenvalue weighted by molar-refractivity contribution is 0.0115. The molecule has 2 saturated heterocycles. The van der Waals surface area contributed by atoms with E-state index >= 15 is 0 Å². The average Bonchev–Trinajstić information content (AvgIpc) is 3.23. The largest absolute Gasteiger partial charge is 0.424 e. The standard InChI is InChI=1S/C18H24N4O2S/c1-12(2)6-15-19-20-16(24-15)14-7-18(9-21(14)3)10-22(11-18)17(23)13-4-5-25-8-13/h4-5,8,12,14H,6-7,9-11H2,1-3H3. The molecular formula is C18H24N4O2S. The molecule has 2 aromatic heterocycles. The molecule has 2 fully saturated rings. The summed E-state index contributed by atoms with van der Waals surface area (Å²) in [4.78, 5) is 16.7. The van der Waals surface area contributed by atoms with Gasteiger partial charge < -0.3 is 9.32 Å². The molecule has 0 aromatic carbocycles. The van der Waals surface area contributed by atoms with Gasteiger partial charge in [0.05, 0.1) is 11.6 Å². The number of thiophene rings is 1. The van der Waals surface area contributed by atoms with Crippen molar-refractivity contribution in [3.8, 4) is 0 Å². The zero-order valence-electron chi connectivity index (χ0n) is 14.9. The lowest BCUT2D eigenvalue weighted by Gasteiger charge is -2.48. The fourth-order valence-electron chi connectivity index (χ4n) is 4.08. The first-order valence-corrected chi connectivity index (χ1v) is 9.74. The van der Waals surface area contributed by atoms with Crippen molar-refractivity contribution in [3.05, 3.63) is 34.2 Å². The van der Waals surface area contributed by atoms with Gasteiger partial charge in [-0.05, 0) is 30.8 Å². The van der Waals surface area contributed by atoms with Crippen molar-refractivity contribution in [2.24, 2.45) is 11.3 Å². The number of hydrogen-bond donors (Lipinski definition) is 0. The lowest BCUT2D eigenvalue weighted by atomic mass is 9.77. The summed E-state index contributed by atoms with van der Waals surface area (Å²) in [6.45, 7) is 6.89. The number of rotatable bonds is 4. The van der Waals surface area contributed by atoms with E-state index < -0.39 is 0 Å². The van der Waals surface area contributed by atoms with Crippen molar-refractivity contribution in [1.82, 2.24) is 20.0 Å². The maximum Gasteiger partial charge on any atom is 0.254 e. The molecule has 134 valence electrons. The maximum absolute atomic E-state index is 12.4. The van der Waals surface area contributed by atoms with Crippen LogP contribution in [0.25, 0.3) is 0 Å². The number of carbonyl (C=O) groups excluding carboxylic acids is 1. The first kappa shape index (κ1) is 16.7. The highest BCUT2D eigenvalue weighted by molar-refractivity contribution is 7.08. The van der Waals surface area contributed by atoms with E-state index in [0.29, 0.717) is 5.92 Å². The molecule has 0 radical (unpaired) electrons. The van der Waals surface area contributed by atoms with Gasteiger partial charge in [-0.25, -0.2) is 0 Å². The number of amides is 1. The van der Waals surface area contributed by atoms with Crippen molar-refractivity contribution in [1.29, 1.82) is 0 Å². The van der Waals surface area contributed by atoms with Crippen molar-refractivity contribution < 1.29 is 9.21 Å². The van der Waals surface area contributed by atoms with Gasteiger partial charge in [-0.3, -0.25) is 9.69 Å². The quantitative estimate of drug-likeness (QED) is 0.839. The molecule has 0 aliphatic carbocycles. The van der Waals surface area contributed by atoms with E-state index in [1.54, 1.807) is 11.3 Å². The fraction of sp³-hybridized carbons (Fsp3) is 0.611. The fourth-order valence-corrected chi connectivity index (χ4v) is 4.71. The molecule has 2 aromatic rings. The SMILES string of the molecule is CC(C)Cc1nnc(C2CC3(CN(C(=O)c4ccsc4)C3)CN2C)o1. The number of nitrogens with zero attached hydrogens (tertiary/aromatic N) is 4. The van der Waals surface area contributed by atoms with E-state index in [0.717, 1.165) is 49.8 Å². The maximum atomic E-state index is 12.4. The molecule has 0 saturated carbocycles. The van der Waals surface area contributed by atoms with Crippen molar-refractivity contribution in [2.45, 2.75) is 32.7 Å². The minimum absolute atomic E-state index is 0.148. The Kier molecular flexibility index (Phi) is 4.16. The Hall–Kier alpha value is -1.73. The van der Waals surface area contributed by atoms with Crippen LogP contribution in [0.5, 0.6) is 0 Å². The minimum atomic E-state index is 0.148. The van der Waals surface area contributed by atoms with Gasteiger partial charge in [0.15, 0.2) is 0 Å². The second-order valence-electron chi connectivity index (χ2n) is 7.94. The van der Waals surface area contributed by atoms with Gasteiger partial charge >= 0.3 is 0 Å². The van der Waals surface area contributed by atoms with E-state index in [-0.39, 0.29) is 17.4 Å². The van der Waals surface area contributed by atoms with Crippen molar-refractivity contribution in [2.75, 3.05) is 26.7 Å². The van der Waals surface area contributed by atoms with E-state index in [2.05, 4.69) is 36.0 Å². The molecule has 1 atom stereocenters. The third-order valence-electron chi connectivity index (χ3n) is 5.20. The molecule has 1 spiro atoms. The topological polar surface area (TPSA) is 62.5 Å².